The molecule has 2 aromatic rings. The number of carbonyl (C=O) groups excluding carboxylic acids is 1. The van der Waals surface area contributed by atoms with Crippen molar-refractivity contribution in [2.45, 2.75) is 6.42 Å². The minimum Gasteiger partial charge on any atom is -0.495 e. The molecule has 0 spiro atoms. The van der Waals surface area contributed by atoms with E-state index in [-0.39, 0.29) is 18.3 Å². The Labute approximate surface area is 154 Å². The van der Waals surface area contributed by atoms with Crippen LogP contribution in [-0.2, 0) is 11.2 Å². The maximum absolute atomic E-state index is 12.5. The average molecular weight is 362 g/mol. The number of halogens is 1. The number of piperazine rings is 1. The van der Waals surface area contributed by atoms with Crippen LogP contribution in [0.2, 0.25) is 0 Å². The van der Waals surface area contributed by atoms with Crippen LogP contribution >= 0.6 is 12.4 Å². The molecule has 25 heavy (non-hydrogen) atoms. The lowest BCUT2D eigenvalue weighted by Crippen LogP contribution is -2.49. The van der Waals surface area contributed by atoms with E-state index in [1.165, 1.54) is 0 Å². The zero-order valence-corrected chi connectivity index (χ0v) is 15.2. The van der Waals surface area contributed by atoms with Gasteiger partial charge < -0.3 is 20.3 Å². The molecular weight excluding hydrogens is 338 g/mol. The van der Waals surface area contributed by atoms with E-state index in [1.54, 1.807) is 7.11 Å². The van der Waals surface area contributed by atoms with E-state index in [0.717, 1.165) is 43.2 Å². The molecule has 0 saturated carbocycles. The first kappa shape index (κ1) is 18.9. The number of benzene rings is 2. The van der Waals surface area contributed by atoms with E-state index < -0.39 is 0 Å². The number of ether oxygens (including phenoxy) is 1. The van der Waals surface area contributed by atoms with E-state index in [2.05, 4.69) is 11.0 Å². The second-order valence-corrected chi connectivity index (χ2v) is 5.96. The van der Waals surface area contributed by atoms with Crippen molar-refractivity contribution in [3.05, 3.63) is 54.1 Å². The number of nitrogens with zero attached hydrogens (tertiary/aromatic N) is 2. The van der Waals surface area contributed by atoms with Gasteiger partial charge >= 0.3 is 0 Å². The zero-order chi connectivity index (χ0) is 16.9. The summed E-state index contributed by atoms with van der Waals surface area (Å²) in [5.74, 6) is 1.03. The highest BCUT2D eigenvalue weighted by atomic mass is 35.5. The molecular formula is C19H24ClN3O2. The van der Waals surface area contributed by atoms with Crippen LogP contribution in [0.3, 0.4) is 0 Å². The van der Waals surface area contributed by atoms with Crippen molar-refractivity contribution >= 4 is 29.7 Å². The molecule has 1 fully saturated rings. The summed E-state index contributed by atoms with van der Waals surface area (Å²) in [4.78, 5) is 16.7. The highest BCUT2D eigenvalue weighted by Gasteiger charge is 2.22. The lowest BCUT2D eigenvalue weighted by Gasteiger charge is -2.36. The summed E-state index contributed by atoms with van der Waals surface area (Å²) in [5.41, 5.74) is 8.53. The molecule has 1 aliphatic heterocycles. The summed E-state index contributed by atoms with van der Waals surface area (Å²) in [6, 6.07) is 15.5. The SMILES string of the molecule is COc1ccccc1N1CCN(C(=O)Cc2cccc(N)c2)CC1.Cl. The van der Waals surface area contributed by atoms with Gasteiger partial charge in [-0.05, 0) is 29.8 Å². The van der Waals surface area contributed by atoms with E-state index in [9.17, 15) is 4.79 Å². The summed E-state index contributed by atoms with van der Waals surface area (Å²) in [5, 5.41) is 0. The number of hydrogen-bond acceptors (Lipinski definition) is 4. The number of nitrogens with two attached hydrogens (primary N) is 1. The standard InChI is InChI=1S/C19H23N3O2.ClH/c1-24-18-8-3-2-7-17(18)21-9-11-22(12-10-21)19(23)14-15-5-4-6-16(20)13-15;/h2-8,13H,9-12,14,20H2,1H3;1H. The van der Waals surface area contributed by atoms with Crippen LogP contribution in [0, 0.1) is 0 Å². The summed E-state index contributed by atoms with van der Waals surface area (Å²) < 4.78 is 5.43. The van der Waals surface area contributed by atoms with Crippen LogP contribution in [-0.4, -0.2) is 44.1 Å². The minimum atomic E-state index is 0. The molecule has 6 heteroatoms. The van der Waals surface area contributed by atoms with Crippen molar-refractivity contribution in [3.8, 4) is 5.75 Å². The number of carbonyl (C=O) groups is 1. The monoisotopic (exact) mass is 361 g/mol. The van der Waals surface area contributed by atoms with Crippen molar-refractivity contribution in [2.75, 3.05) is 43.9 Å². The van der Waals surface area contributed by atoms with E-state index in [1.807, 2.05) is 47.4 Å². The number of methoxy groups -OCH3 is 1. The van der Waals surface area contributed by atoms with Crippen molar-refractivity contribution in [2.24, 2.45) is 0 Å². The van der Waals surface area contributed by atoms with Crippen molar-refractivity contribution < 1.29 is 9.53 Å². The fourth-order valence-corrected chi connectivity index (χ4v) is 3.08. The first-order valence-electron chi connectivity index (χ1n) is 8.17. The van der Waals surface area contributed by atoms with Gasteiger partial charge in [0.2, 0.25) is 5.91 Å². The van der Waals surface area contributed by atoms with Gasteiger partial charge in [0, 0.05) is 31.9 Å². The topological polar surface area (TPSA) is 58.8 Å². The summed E-state index contributed by atoms with van der Waals surface area (Å²) in [6.07, 6.45) is 0.402. The molecule has 0 unspecified atom stereocenters. The average Bonchev–Trinajstić information content (AvgIpc) is 2.62. The Balaban J connectivity index is 0.00000225. The predicted molar refractivity (Wildman–Crippen MR) is 104 cm³/mol. The van der Waals surface area contributed by atoms with Crippen LogP contribution in [0.15, 0.2) is 48.5 Å². The van der Waals surface area contributed by atoms with E-state index in [0.29, 0.717) is 12.1 Å². The van der Waals surface area contributed by atoms with Crippen molar-refractivity contribution in [1.29, 1.82) is 0 Å². The van der Waals surface area contributed by atoms with Crippen LogP contribution < -0.4 is 15.4 Å². The van der Waals surface area contributed by atoms with Crippen molar-refractivity contribution in [3.63, 3.8) is 0 Å². The van der Waals surface area contributed by atoms with Gasteiger partial charge in [0.15, 0.2) is 0 Å². The third-order valence-corrected chi connectivity index (χ3v) is 4.36. The molecule has 2 N–H and O–H groups in total. The number of anilines is 2. The second-order valence-electron chi connectivity index (χ2n) is 5.96. The van der Waals surface area contributed by atoms with E-state index >= 15 is 0 Å². The molecule has 5 nitrogen and oxygen atoms in total. The van der Waals surface area contributed by atoms with Gasteiger partial charge in [0.25, 0.3) is 0 Å². The molecule has 0 bridgehead atoms. The number of para-hydroxylation sites is 2. The number of rotatable bonds is 4. The smallest absolute Gasteiger partial charge is 0.227 e. The Morgan fingerprint density at radius 1 is 1.08 bits per heavy atom. The first-order valence-corrected chi connectivity index (χ1v) is 8.17. The number of amides is 1. The molecule has 1 amide bonds. The molecule has 0 aromatic heterocycles. The fourth-order valence-electron chi connectivity index (χ4n) is 3.08. The summed E-state index contributed by atoms with van der Waals surface area (Å²) in [6.45, 7) is 3.06. The Morgan fingerprint density at radius 2 is 1.80 bits per heavy atom. The molecule has 0 aliphatic carbocycles. The van der Waals surface area contributed by atoms with E-state index in [4.69, 9.17) is 10.5 Å². The van der Waals surface area contributed by atoms with Gasteiger partial charge in [-0.1, -0.05) is 24.3 Å². The van der Waals surface area contributed by atoms with Gasteiger partial charge in [-0.2, -0.15) is 0 Å². The largest absolute Gasteiger partial charge is 0.495 e. The third-order valence-electron chi connectivity index (χ3n) is 4.36. The van der Waals surface area contributed by atoms with Crippen LogP contribution in [0.1, 0.15) is 5.56 Å². The highest BCUT2D eigenvalue weighted by molar-refractivity contribution is 5.85. The normalized spacial score (nSPS) is 14.0. The van der Waals surface area contributed by atoms with Gasteiger partial charge in [0.05, 0.1) is 19.2 Å². The number of nitrogen functional groups attached to an aromatic ring is 1. The van der Waals surface area contributed by atoms with Crippen LogP contribution in [0.25, 0.3) is 0 Å². The Bertz CT molecular complexity index is 715. The fraction of sp³-hybridized carbons (Fsp3) is 0.316. The molecule has 2 aromatic carbocycles. The minimum absolute atomic E-state index is 0. The molecule has 1 saturated heterocycles. The predicted octanol–water partition coefficient (Wildman–Crippen LogP) is 2.59. The summed E-state index contributed by atoms with van der Waals surface area (Å²) in [7, 11) is 1.68. The maximum Gasteiger partial charge on any atom is 0.227 e. The Kier molecular flexibility index (Phi) is 6.53. The van der Waals surface area contributed by atoms with Crippen LogP contribution in [0.4, 0.5) is 11.4 Å². The number of hydrogen-bond donors (Lipinski definition) is 1. The maximum atomic E-state index is 12.5. The highest BCUT2D eigenvalue weighted by Crippen LogP contribution is 2.28. The van der Waals surface area contributed by atoms with Gasteiger partial charge in [-0.25, -0.2) is 0 Å². The van der Waals surface area contributed by atoms with Crippen molar-refractivity contribution in [1.82, 2.24) is 4.90 Å². The molecule has 0 radical (unpaired) electrons. The summed E-state index contributed by atoms with van der Waals surface area (Å²) >= 11 is 0. The molecule has 1 aliphatic rings. The first-order chi connectivity index (χ1) is 11.7. The third kappa shape index (κ3) is 4.57. The zero-order valence-electron chi connectivity index (χ0n) is 14.4. The van der Waals surface area contributed by atoms with Gasteiger partial charge in [-0.15, -0.1) is 12.4 Å². The lowest BCUT2D eigenvalue weighted by atomic mass is 10.1. The molecule has 3 rings (SSSR count). The molecule has 134 valence electrons. The Morgan fingerprint density at radius 3 is 2.48 bits per heavy atom. The second kappa shape index (κ2) is 8.62. The van der Waals surface area contributed by atoms with Gasteiger partial charge in [-0.3, -0.25) is 4.79 Å². The lowest BCUT2D eigenvalue weighted by molar-refractivity contribution is -0.130. The quantitative estimate of drug-likeness (QED) is 0.850. The Hall–Kier alpha value is -2.40. The molecule has 1 heterocycles. The van der Waals surface area contributed by atoms with Gasteiger partial charge in [0.1, 0.15) is 5.75 Å². The molecule has 0 atom stereocenters. The van der Waals surface area contributed by atoms with Crippen LogP contribution in [0.5, 0.6) is 5.75 Å².